The molecule has 0 aliphatic rings. The predicted molar refractivity (Wildman–Crippen MR) is 85.9 cm³/mol. The number of aryl methyl sites for hydroxylation is 1. The first-order chi connectivity index (χ1) is 9.61. The Bertz CT molecular complexity index is 638. The fourth-order valence-corrected chi connectivity index (χ4v) is 2.06. The number of aromatic nitrogens is 4. The highest BCUT2D eigenvalue weighted by Crippen LogP contribution is 2.04. The second-order valence-corrected chi connectivity index (χ2v) is 5.48. The summed E-state index contributed by atoms with van der Waals surface area (Å²) in [7, 11) is 0. The van der Waals surface area contributed by atoms with Crippen LogP contribution >= 0.6 is 22.6 Å². The first-order valence-electron chi connectivity index (χ1n) is 6.38. The van der Waals surface area contributed by atoms with Crippen molar-refractivity contribution in [3.63, 3.8) is 0 Å². The summed E-state index contributed by atoms with van der Waals surface area (Å²) in [4.78, 5) is 24.8. The minimum Gasteiger partial charge on any atom is -0.369 e. The molecule has 2 aromatic rings. The maximum absolute atomic E-state index is 12.1. The number of nitrogens with zero attached hydrogens (tertiary/aromatic N) is 4. The van der Waals surface area contributed by atoms with Gasteiger partial charge in [-0.1, -0.05) is 6.92 Å². The van der Waals surface area contributed by atoms with Crippen LogP contribution in [0.15, 0.2) is 23.5 Å². The minimum atomic E-state index is -0.0481. The summed E-state index contributed by atoms with van der Waals surface area (Å²) in [6.45, 7) is 5.16. The van der Waals surface area contributed by atoms with Gasteiger partial charge in [-0.15, -0.1) is 0 Å². The van der Waals surface area contributed by atoms with E-state index in [1.165, 1.54) is 4.57 Å². The molecule has 0 aromatic carbocycles. The second kappa shape index (κ2) is 6.78. The maximum Gasteiger partial charge on any atom is 0.267 e. The molecule has 0 amide bonds. The van der Waals surface area contributed by atoms with E-state index in [0.29, 0.717) is 10.1 Å². The molecular weight excluding hydrogens is 369 g/mol. The smallest absolute Gasteiger partial charge is 0.267 e. The van der Waals surface area contributed by atoms with Crippen LogP contribution in [-0.2, 0) is 6.54 Å². The Kier molecular flexibility index (Phi) is 5.05. The second-order valence-electron chi connectivity index (χ2n) is 4.40. The normalized spacial score (nSPS) is 10.6. The highest BCUT2D eigenvalue weighted by molar-refractivity contribution is 14.1. The average molecular weight is 385 g/mol. The first kappa shape index (κ1) is 14.9. The van der Waals surface area contributed by atoms with E-state index in [2.05, 4.69) is 27.2 Å². The molecule has 0 unspecified atom stereocenters. The standard InChI is InChI=1S/C13H16IN5O/c1-3-4-15-11-6-16-10(5-17-11)7-19-8-18-9(2)12(14)13(19)20/h5-6,8H,3-4,7H2,1-2H3,(H,15,17). The number of hydrogen-bond donors (Lipinski definition) is 1. The number of hydrogen-bond acceptors (Lipinski definition) is 5. The van der Waals surface area contributed by atoms with Crippen molar-refractivity contribution >= 4 is 28.4 Å². The van der Waals surface area contributed by atoms with Crippen molar-refractivity contribution in [1.82, 2.24) is 19.5 Å². The highest BCUT2D eigenvalue weighted by Gasteiger charge is 2.06. The summed E-state index contributed by atoms with van der Waals surface area (Å²) in [5, 5.41) is 3.16. The lowest BCUT2D eigenvalue weighted by Crippen LogP contribution is -2.25. The van der Waals surface area contributed by atoms with Gasteiger partial charge in [-0.05, 0) is 35.9 Å². The van der Waals surface area contributed by atoms with Gasteiger partial charge in [-0.2, -0.15) is 0 Å². The van der Waals surface area contributed by atoms with Gasteiger partial charge in [-0.3, -0.25) is 14.3 Å². The Morgan fingerprint density at radius 2 is 2.10 bits per heavy atom. The van der Waals surface area contributed by atoms with E-state index in [1.54, 1.807) is 18.7 Å². The SMILES string of the molecule is CCCNc1cnc(Cn2cnc(C)c(I)c2=O)cn1. The molecular formula is C13H16IN5O. The van der Waals surface area contributed by atoms with E-state index in [0.717, 1.165) is 30.2 Å². The van der Waals surface area contributed by atoms with Crippen molar-refractivity contribution in [3.05, 3.63) is 44.0 Å². The zero-order valence-electron chi connectivity index (χ0n) is 11.4. The van der Waals surface area contributed by atoms with Crippen molar-refractivity contribution in [2.75, 3.05) is 11.9 Å². The van der Waals surface area contributed by atoms with Crippen molar-refractivity contribution in [2.24, 2.45) is 0 Å². The van der Waals surface area contributed by atoms with Crippen molar-refractivity contribution in [3.8, 4) is 0 Å². The lowest BCUT2D eigenvalue weighted by atomic mass is 10.4. The number of halogens is 1. The lowest BCUT2D eigenvalue weighted by Gasteiger charge is -2.07. The quantitative estimate of drug-likeness (QED) is 0.795. The molecule has 0 saturated carbocycles. The van der Waals surface area contributed by atoms with Gasteiger partial charge >= 0.3 is 0 Å². The van der Waals surface area contributed by atoms with Crippen LogP contribution in [0.1, 0.15) is 24.7 Å². The molecule has 7 heteroatoms. The van der Waals surface area contributed by atoms with E-state index in [1.807, 2.05) is 29.5 Å². The van der Waals surface area contributed by atoms with Gasteiger partial charge in [0.1, 0.15) is 5.82 Å². The molecule has 0 radical (unpaired) electrons. The van der Waals surface area contributed by atoms with Crippen molar-refractivity contribution < 1.29 is 0 Å². The summed E-state index contributed by atoms with van der Waals surface area (Å²) in [5.41, 5.74) is 1.43. The van der Waals surface area contributed by atoms with Crippen LogP contribution in [0, 0.1) is 10.5 Å². The predicted octanol–water partition coefficient (Wildman–Crippen LogP) is 1.82. The van der Waals surface area contributed by atoms with Crippen LogP contribution in [-0.4, -0.2) is 26.1 Å². The summed E-state index contributed by atoms with van der Waals surface area (Å²) in [6, 6.07) is 0. The lowest BCUT2D eigenvalue weighted by molar-refractivity contribution is 0.704. The molecule has 0 atom stereocenters. The van der Waals surface area contributed by atoms with E-state index < -0.39 is 0 Å². The maximum atomic E-state index is 12.1. The largest absolute Gasteiger partial charge is 0.369 e. The molecule has 0 fully saturated rings. The van der Waals surface area contributed by atoms with Crippen LogP contribution in [0.2, 0.25) is 0 Å². The Hall–Kier alpha value is -1.51. The van der Waals surface area contributed by atoms with Crippen LogP contribution in [0.4, 0.5) is 5.82 Å². The van der Waals surface area contributed by atoms with E-state index in [4.69, 9.17) is 0 Å². The Balaban J connectivity index is 2.14. The number of anilines is 1. The fraction of sp³-hybridized carbons (Fsp3) is 0.385. The van der Waals surface area contributed by atoms with Crippen LogP contribution < -0.4 is 10.9 Å². The molecule has 0 bridgehead atoms. The Morgan fingerprint density at radius 1 is 1.30 bits per heavy atom. The molecule has 0 spiro atoms. The Morgan fingerprint density at radius 3 is 2.75 bits per heavy atom. The van der Waals surface area contributed by atoms with Gasteiger partial charge in [-0.25, -0.2) is 9.97 Å². The summed E-state index contributed by atoms with van der Waals surface area (Å²) < 4.78 is 2.18. The van der Waals surface area contributed by atoms with E-state index in [-0.39, 0.29) is 5.56 Å². The molecule has 106 valence electrons. The number of rotatable bonds is 5. The van der Waals surface area contributed by atoms with Gasteiger partial charge in [0.25, 0.3) is 5.56 Å². The van der Waals surface area contributed by atoms with Crippen LogP contribution in [0.5, 0.6) is 0 Å². The van der Waals surface area contributed by atoms with Crippen LogP contribution in [0.25, 0.3) is 0 Å². The molecule has 20 heavy (non-hydrogen) atoms. The molecule has 0 aliphatic carbocycles. The third kappa shape index (κ3) is 3.53. The van der Waals surface area contributed by atoms with E-state index in [9.17, 15) is 4.79 Å². The average Bonchev–Trinajstić information content (AvgIpc) is 2.47. The van der Waals surface area contributed by atoms with Gasteiger partial charge in [0, 0.05) is 6.54 Å². The van der Waals surface area contributed by atoms with Gasteiger partial charge < -0.3 is 5.32 Å². The third-order valence-electron chi connectivity index (χ3n) is 2.75. The summed E-state index contributed by atoms with van der Waals surface area (Å²) in [6.07, 6.45) is 5.94. The molecule has 1 N–H and O–H groups in total. The van der Waals surface area contributed by atoms with E-state index >= 15 is 0 Å². The molecule has 0 saturated heterocycles. The van der Waals surface area contributed by atoms with Crippen molar-refractivity contribution in [2.45, 2.75) is 26.8 Å². The molecule has 2 rings (SSSR count). The fourth-order valence-electron chi connectivity index (χ4n) is 1.61. The molecule has 0 aliphatic heterocycles. The molecule has 2 aromatic heterocycles. The molecule has 2 heterocycles. The van der Waals surface area contributed by atoms with Crippen molar-refractivity contribution in [1.29, 1.82) is 0 Å². The number of nitrogens with one attached hydrogen (secondary N) is 1. The van der Waals surface area contributed by atoms with Crippen LogP contribution in [0.3, 0.4) is 0 Å². The van der Waals surface area contributed by atoms with Gasteiger partial charge in [0.2, 0.25) is 0 Å². The zero-order valence-corrected chi connectivity index (χ0v) is 13.6. The zero-order chi connectivity index (χ0) is 14.5. The molecule has 6 nitrogen and oxygen atoms in total. The Labute approximate surface area is 130 Å². The third-order valence-corrected chi connectivity index (χ3v) is 3.99. The summed E-state index contributed by atoms with van der Waals surface area (Å²) >= 11 is 2.02. The highest BCUT2D eigenvalue weighted by atomic mass is 127. The van der Waals surface area contributed by atoms with Gasteiger partial charge in [0.05, 0.1) is 40.2 Å². The summed E-state index contributed by atoms with van der Waals surface area (Å²) in [5.74, 6) is 0.750. The minimum absolute atomic E-state index is 0.0481. The first-order valence-corrected chi connectivity index (χ1v) is 7.46. The topological polar surface area (TPSA) is 72.7 Å². The van der Waals surface area contributed by atoms with Gasteiger partial charge in [0.15, 0.2) is 0 Å². The monoisotopic (exact) mass is 385 g/mol.